The summed E-state index contributed by atoms with van der Waals surface area (Å²) in [5.41, 5.74) is 0. The first-order valence-corrected chi connectivity index (χ1v) is 9.73. The number of unbranched alkanes of at least 4 members (excludes halogenated alkanes) is 2. The van der Waals surface area contributed by atoms with E-state index in [1.54, 1.807) is 0 Å². The average Bonchev–Trinajstić information content (AvgIpc) is 2.48. The first-order valence-electron chi connectivity index (χ1n) is 9.73. The molecule has 0 radical (unpaired) electrons. The number of rotatable bonds is 7. The Bertz CT molecular complexity index is 218. The van der Waals surface area contributed by atoms with Crippen molar-refractivity contribution >= 4 is 0 Å². The van der Waals surface area contributed by atoms with E-state index in [1.165, 1.54) is 83.5 Å². The molecular formula is C19H39NO. The van der Waals surface area contributed by atoms with Gasteiger partial charge in [-0.3, -0.25) is 0 Å². The van der Waals surface area contributed by atoms with E-state index >= 15 is 0 Å². The average molecular weight is 298 g/mol. The molecule has 0 aliphatic heterocycles. The van der Waals surface area contributed by atoms with E-state index in [0.717, 1.165) is 13.2 Å². The van der Waals surface area contributed by atoms with Crippen LogP contribution in [0, 0.1) is 0 Å². The van der Waals surface area contributed by atoms with Crippen LogP contribution in [-0.2, 0) is 4.74 Å². The van der Waals surface area contributed by atoms with Crippen LogP contribution in [0.4, 0.5) is 0 Å². The zero-order valence-corrected chi connectivity index (χ0v) is 14.7. The molecule has 1 fully saturated rings. The van der Waals surface area contributed by atoms with Gasteiger partial charge in [-0.1, -0.05) is 78.1 Å². The summed E-state index contributed by atoms with van der Waals surface area (Å²) in [5, 5.41) is 3.70. The van der Waals surface area contributed by atoms with E-state index in [1.807, 2.05) is 0 Å². The van der Waals surface area contributed by atoms with E-state index in [2.05, 4.69) is 19.2 Å². The van der Waals surface area contributed by atoms with Crippen LogP contribution in [0.1, 0.15) is 97.3 Å². The summed E-state index contributed by atoms with van der Waals surface area (Å²) >= 11 is 0. The third-order valence-corrected chi connectivity index (χ3v) is 4.75. The second-order valence-electron chi connectivity index (χ2n) is 6.69. The van der Waals surface area contributed by atoms with E-state index in [4.69, 9.17) is 4.74 Å². The van der Waals surface area contributed by atoms with E-state index in [0.29, 0.717) is 12.1 Å². The quantitative estimate of drug-likeness (QED) is 0.630. The molecule has 1 saturated carbocycles. The summed E-state index contributed by atoms with van der Waals surface area (Å²) in [4.78, 5) is 0. The molecule has 0 spiro atoms. The fourth-order valence-electron chi connectivity index (χ4n) is 3.44. The molecule has 2 unspecified atom stereocenters. The summed E-state index contributed by atoms with van der Waals surface area (Å²) in [5.74, 6) is 0. The lowest BCUT2D eigenvalue weighted by molar-refractivity contribution is 0.0146. The fraction of sp³-hybridized carbons (Fsp3) is 1.00. The molecule has 21 heavy (non-hydrogen) atoms. The maximum Gasteiger partial charge on any atom is 0.0728 e. The van der Waals surface area contributed by atoms with Crippen molar-refractivity contribution in [3.63, 3.8) is 0 Å². The molecular weight excluding hydrogens is 258 g/mol. The van der Waals surface area contributed by atoms with Gasteiger partial charge in [0.25, 0.3) is 0 Å². The van der Waals surface area contributed by atoms with Gasteiger partial charge in [-0.15, -0.1) is 0 Å². The Morgan fingerprint density at radius 1 is 0.810 bits per heavy atom. The van der Waals surface area contributed by atoms with E-state index in [-0.39, 0.29) is 0 Å². The summed E-state index contributed by atoms with van der Waals surface area (Å²) < 4.78 is 6.29. The highest BCUT2D eigenvalue weighted by Gasteiger charge is 2.21. The van der Waals surface area contributed by atoms with Gasteiger partial charge in [0, 0.05) is 12.6 Å². The van der Waals surface area contributed by atoms with E-state index in [9.17, 15) is 0 Å². The van der Waals surface area contributed by atoms with Crippen molar-refractivity contribution in [3.8, 4) is 0 Å². The minimum Gasteiger partial charge on any atom is -0.377 e. The summed E-state index contributed by atoms with van der Waals surface area (Å²) in [7, 11) is 0. The normalized spacial score (nSPS) is 26.0. The predicted octanol–water partition coefficient (Wildman–Crippen LogP) is 5.45. The zero-order valence-electron chi connectivity index (χ0n) is 14.7. The van der Waals surface area contributed by atoms with Gasteiger partial charge in [0.15, 0.2) is 0 Å². The molecule has 0 aromatic carbocycles. The van der Waals surface area contributed by atoms with Crippen molar-refractivity contribution in [2.24, 2.45) is 0 Å². The Labute approximate surface area is 133 Å². The van der Waals surface area contributed by atoms with Crippen molar-refractivity contribution in [1.29, 1.82) is 0 Å². The van der Waals surface area contributed by atoms with Crippen molar-refractivity contribution in [2.75, 3.05) is 13.2 Å². The van der Waals surface area contributed by atoms with Gasteiger partial charge >= 0.3 is 0 Å². The molecule has 2 heteroatoms. The highest BCUT2D eigenvalue weighted by atomic mass is 16.5. The van der Waals surface area contributed by atoms with Gasteiger partial charge in [0.2, 0.25) is 0 Å². The van der Waals surface area contributed by atoms with Gasteiger partial charge in [-0.25, -0.2) is 0 Å². The van der Waals surface area contributed by atoms with Crippen LogP contribution in [0.2, 0.25) is 0 Å². The third kappa shape index (κ3) is 9.52. The molecule has 1 aliphatic carbocycles. The lowest BCUT2D eigenvalue weighted by Gasteiger charge is -2.29. The molecule has 1 rings (SSSR count). The topological polar surface area (TPSA) is 21.3 Å². The largest absolute Gasteiger partial charge is 0.377 e. The Morgan fingerprint density at radius 2 is 1.43 bits per heavy atom. The second kappa shape index (κ2) is 13.6. The first kappa shape index (κ1) is 19.0. The number of ether oxygens (including phenoxy) is 1. The molecule has 1 N–H and O–H groups in total. The molecule has 0 saturated heterocycles. The lowest BCUT2D eigenvalue weighted by Crippen LogP contribution is -2.41. The molecule has 1 aliphatic rings. The highest BCUT2D eigenvalue weighted by molar-refractivity contribution is 4.77. The Kier molecular flexibility index (Phi) is 12.3. The van der Waals surface area contributed by atoms with Crippen molar-refractivity contribution < 1.29 is 4.74 Å². The van der Waals surface area contributed by atoms with Gasteiger partial charge in [-0.05, 0) is 25.8 Å². The number of hydrogen-bond donors (Lipinski definition) is 1. The summed E-state index contributed by atoms with van der Waals surface area (Å²) in [6.45, 7) is 6.52. The van der Waals surface area contributed by atoms with Crippen LogP contribution in [0.25, 0.3) is 0 Å². The molecule has 0 amide bonds. The highest BCUT2D eigenvalue weighted by Crippen LogP contribution is 2.20. The van der Waals surface area contributed by atoms with Crippen LogP contribution in [-0.4, -0.2) is 25.3 Å². The molecule has 0 aromatic heterocycles. The maximum atomic E-state index is 6.29. The first-order chi connectivity index (χ1) is 10.4. The monoisotopic (exact) mass is 297 g/mol. The van der Waals surface area contributed by atoms with Crippen molar-refractivity contribution in [2.45, 2.75) is 109 Å². The van der Waals surface area contributed by atoms with E-state index < -0.39 is 0 Å². The van der Waals surface area contributed by atoms with Crippen molar-refractivity contribution in [1.82, 2.24) is 5.32 Å². The SMILES string of the molecule is CCCCCOC1CCCCCCCCCCC1NCC. The van der Waals surface area contributed by atoms with Gasteiger partial charge < -0.3 is 10.1 Å². The van der Waals surface area contributed by atoms with Crippen LogP contribution < -0.4 is 5.32 Å². The Morgan fingerprint density at radius 3 is 2.05 bits per heavy atom. The summed E-state index contributed by atoms with van der Waals surface area (Å²) in [6, 6.07) is 0.580. The zero-order chi connectivity index (χ0) is 15.2. The van der Waals surface area contributed by atoms with Gasteiger partial charge in [0.1, 0.15) is 0 Å². The number of likely N-dealkylation sites (N-methyl/N-ethyl adjacent to an activating group) is 1. The van der Waals surface area contributed by atoms with Crippen LogP contribution in [0.5, 0.6) is 0 Å². The fourth-order valence-corrected chi connectivity index (χ4v) is 3.44. The molecule has 2 atom stereocenters. The predicted molar refractivity (Wildman–Crippen MR) is 92.9 cm³/mol. The number of hydrogen-bond acceptors (Lipinski definition) is 2. The van der Waals surface area contributed by atoms with Crippen molar-refractivity contribution in [3.05, 3.63) is 0 Å². The minimum absolute atomic E-state index is 0.446. The molecule has 0 heterocycles. The van der Waals surface area contributed by atoms with Crippen LogP contribution >= 0.6 is 0 Å². The molecule has 0 bridgehead atoms. The standard InChI is InChI=1S/C19H39NO/c1-3-5-14-17-21-19-16-13-11-9-7-6-8-10-12-15-18(19)20-4-2/h18-20H,3-17H2,1-2H3. The smallest absolute Gasteiger partial charge is 0.0728 e. The molecule has 2 nitrogen and oxygen atoms in total. The van der Waals surface area contributed by atoms with Crippen LogP contribution in [0.3, 0.4) is 0 Å². The Balaban J connectivity index is 2.44. The van der Waals surface area contributed by atoms with Crippen LogP contribution in [0.15, 0.2) is 0 Å². The van der Waals surface area contributed by atoms with Gasteiger partial charge in [-0.2, -0.15) is 0 Å². The minimum atomic E-state index is 0.446. The third-order valence-electron chi connectivity index (χ3n) is 4.75. The Hall–Kier alpha value is -0.0800. The summed E-state index contributed by atoms with van der Waals surface area (Å²) in [6.07, 6.45) is 18.1. The molecule has 0 aromatic rings. The maximum absolute atomic E-state index is 6.29. The van der Waals surface area contributed by atoms with Gasteiger partial charge in [0.05, 0.1) is 6.10 Å². The lowest BCUT2D eigenvalue weighted by atomic mass is 9.95. The molecule has 126 valence electrons. The number of nitrogens with one attached hydrogen (secondary N) is 1. The second-order valence-corrected chi connectivity index (χ2v) is 6.69.